The summed E-state index contributed by atoms with van der Waals surface area (Å²) < 4.78 is 22.1. The van der Waals surface area contributed by atoms with Crippen LogP contribution in [0, 0.1) is 5.92 Å². The maximum Gasteiger partial charge on any atom is 0.150 e. The number of hydrogen-bond donors (Lipinski definition) is 2. The molecule has 0 bridgehead atoms. The molecule has 0 aliphatic carbocycles. The Bertz CT molecular complexity index is 258. The van der Waals surface area contributed by atoms with Crippen molar-refractivity contribution in [2.75, 3.05) is 18.1 Å². The van der Waals surface area contributed by atoms with E-state index in [-0.39, 0.29) is 24.0 Å². The van der Waals surface area contributed by atoms with E-state index in [1.165, 1.54) is 0 Å². The molecule has 0 aromatic rings. The smallest absolute Gasteiger partial charge is 0.150 e. The highest BCUT2D eigenvalue weighted by atomic mass is 32.2. The predicted molar refractivity (Wildman–Crippen MR) is 46.4 cm³/mol. The van der Waals surface area contributed by atoms with Crippen molar-refractivity contribution in [3.05, 3.63) is 0 Å². The fraction of sp³-hybridized carbons (Fsp3) is 1.00. The van der Waals surface area contributed by atoms with Crippen LogP contribution in [0.3, 0.4) is 0 Å². The van der Waals surface area contributed by atoms with E-state index >= 15 is 0 Å². The molecule has 12 heavy (non-hydrogen) atoms. The van der Waals surface area contributed by atoms with E-state index in [0.717, 1.165) is 0 Å². The first-order valence-electron chi connectivity index (χ1n) is 4.00. The molecule has 4 nitrogen and oxygen atoms in total. The van der Waals surface area contributed by atoms with Crippen LogP contribution in [0.4, 0.5) is 0 Å². The first-order valence-corrected chi connectivity index (χ1v) is 5.82. The second-order valence-electron chi connectivity index (χ2n) is 3.66. The van der Waals surface area contributed by atoms with Crippen molar-refractivity contribution >= 4 is 9.84 Å². The highest BCUT2D eigenvalue weighted by Gasteiger charge is 2.39. The Labute approximate surface area is 72.7 Å². The quantitative estimate of drug-likeness (QED) is 0.597. The molecule has 0 aromatic heterocycles. The third-order valence-electron chi connectivity index (χ3n) is 2.53. The van der Waals surface area contributed by atoms with Gasteiger partial charge in [0.2, 0.25) is 0 Å². The van der Waals surface area contributed by atoms with Gasteiger partial charge in [-0.2, -0.15) is 0 Å². The zero-order chi connectivity index (χ0) is 9.41. The molecule has 0 saturated carbocycles. The van der Waals surface area contributed by atoms with E-state index in [4.69, 9.17) is 5.73 Å². The summed E-state index contributed by atoms with van der Waals surface area (Å²) in [6, 6.07) is 0. The Morgan fingerprint density at radius 1 is 1.67 bits per heavy atom. The summed E-state index contributed by atoms with van der Waals surface area (Å²) in [6.07, 6.45) is 0.534. The van der Waals surface area contributed by atoms with Gasteiger partial charge in [0.25, 0.3) is 0 Å². The molecule has 1 aliphatic heterocycles. The van der Waals surface area contributed by atoms with Crippen LogP contribution < -0.4 is 5.73 Å². The zero-order valence-electron chi connectivity index (χ0n) is 7.16. The normalized spacial score (nSPS) is 33.1. The minimum Gasteiger partial charge on any atom is -0.389 e. The highest BCUT2D eigenvalue weighted by molar-refractivity contribution is 7.91. The van der Waals surface area contributed by atoms with Gasteiger partial charge in [0, 0.05) is 12.5 Å². The van der Waals surface area contributed by atoms with Crippen LogP contribution >= 0.6 is 0 Å². The molecule has 1 fully saturated rings. The summed E-state index contributed by atoms with van der Waals surface area (Å²) in [5.41, 5.74) is 4.31. The molecule has 1 aliphatic rings. The average Bonchev–Trinajstić information content (AvgIpc) is 2.31. The van der Waals surface area contributed by atoms with Gasteiger partial charge >= 0.3 is 0 Å². The van der Waals surface area contributed by atoms with E-state index in [1.54, 1.807) is 6.92 Å². The average molecular weight is 193 g/mol. The van der Waals surface area contributed by atoms with Gasteiger partial charge in [-0.3, -0.25) is 0 Å². The van der Waals surface area contributed by atoms with Gasteiger partial charge in [0.1, 0.15) is 0 Å². The molecule has 1 rings (SSSR count). The van der Waals surface area contributed by atoms with Crippen LogP contribution in [0.15, 0.2) is 0 Å². The van der Waals surface area contributed by atoms with Crippen LogP contribution in [0.25, 0.3) is 0 Å². The van der Waals surface area contributed by atoms with E-state index in [1.807, 2.05) is 0 Å². The molecule has 1 heterocycles. The maximum atomic E-state index is 11.1. The van der Waals surface area contributed by atoms with Crippen LogP contribution in [0.2, 0.25) is 0 Å². The molecular formula is C7H15NO3S. The summed E-state index contributed by atoms with van der Waals surface area (Å²) in [5, 5.41) is 9.67. The molecule has 5 heteroatoms. The number of hydrogen-bond acceptors (Lipinski definition) is 4. The van der Waals surface area contributed by atoms with Crippen molar-refractivity contribution in [2.24, 2.45) is 11.7 Å². The van der Waals surface area contributed by atoms with Crippen LogP contribution in [-0.2, 0) is 9.84 Å². The summed E-state index contributed by atoms with van der Waals surface area (Å²) in [6.45, 7) is 1.71. The molecule has 1 saturated heterocycles. The second kappa shape index (κ2) is 2.97. The van der Waals surface area contributed by atoms with Gasteiger partial charge in [-0.05, 0) is 13.3 Å². The fourth-order valence-electron chi connectivity index (χ4n) is 1.45. The second-order valence-corrected chi connectivity index (χ2v) is 5.89. The summed E-state index contributed by atoms with van der Waals surface area (Å²) >= 11 is 0. The van der Waals surface area contributed by atoms with E-state index in [0.29, 0.717) is 6.42 Å². The van der Waals surface area contributed by atoms with Crippen molar-refractivity contribution in [2.45, 2.75) is 18.9 Å². The van der Waals surface area contributed by atoms with Gasteiger partial charge in [-0.1, -0.05) is 0 Å². The zero-order valence-corrected chi connectivity index (χ0v) is 7.97. The first-order chi connectivity index (χ1) is 5.37. The Morgan fingerprint density at radius 3 is 2.58 bits per heavy atom. The molecule has 2 atom stereocenters. The lowest BCUT2D eigenvalue weighted by Crippen LogP contribution is -2.42. The molecule has 2 unspecified atom stereocenters. The SMILES string of the molecule is CC(O)(CN)C1CCS(=O)(=O)C1. The summed E-state index contributed by atoms with van der Waals surface area (Å²) in [4.78, 5) is 0. The number of sulfone groups is 1. The molecule has 0 radical (unpaired) electrons. The van der Waals surface area contributed by atoms with Crippen molar-refractivity contribution in [1.29, 1.82) is 0 Å². The number of aliphatic hydroxyl groups is 1. The number of rotatable bonds is 2. The Hall–Kier alpha value is -0.130. The molecule has 0 aromatic carbocycles. The van der Waals surface area contributed by atoms with E-state index < -0.39 is 15.4 Å². The van der Waals surface area contributed by atoms with Crippen LogP contribution in [0.1, 0.15) is 13.3 Å². The molecule has 3 N–H and O–H groups in total. The van der Waals surface area contributed by atoms with Crippen molar-refractivity contribution in [1.82, 2.24) is 0 Å². The van der Waals surface area contributed by atoms with E-state index in [2.05, 4.69) is 0 Å². The van der Waals surface area contributed by atoms with Gasteiger partial charge in [-0.25, -0.2) is 8.42 Å². The summed E-state index contributed by atoms with van der Waals surface area (Å²) in [7, 11) is -2.90. The Kier molecular flexibility index (Phi) is 2.47. The monoisotopic (exact) mass is 193 g/mol. The van der Waals surface area contributed by atoms with Gasteiger partial charge in [0.15, 0.2) is 9.84 Å². The standard InChI is InChI=1S/C7H15NO3S/c1-7(9,5-8)6-2-3-12(10,11)4-6/h6,9H,2-5,8H2,1H3. The van der Waals surface area contributed by atoms with Gasteiger partial charge in [0.05, 0.1) is 17.1 Å². The lowest BCUT2D eigenvalue weighted by molar-refractivity contribution is 0.0180. The molecular weight excluding hydrogens is 178 g/mol. The Morgan fingerprint density at radius 2 is 2.25 bits per heavy atom. The topological polar surface area (TPSA) is 80.4 Å². The molecule has 72 valence electrons. The van der Waals surface area contributed by atoms with Crippen LogP contribution in [-0.4, -0.2) is 37.2 Å². The minimum absolute atomic E-state index is 0.0806. The third kappa shape index (κ3) is 1.97. The Balaban J connectivity index is 2.70. The molecule has 0 amide bonds. The lowest BCUT2D eigenvalue weighted by Gasteiger charge is -2.27. The largest absolute Gasteiger partial charge is 0.389 e. The van der Waals surface area contributed by atoms with E-state index in [9.17, 15) is 13.5 Å². The lowest BCUT2D eigenvalue weighted by atomic mass is 9.89. The van der Waals surface area contributed by atoms with Crippen molar-refractivity contribution < 1.29 is 13.5 Å². The van der Waals surface area contributed by atoms with Gasteiger partial charge < -0.3 is 10.8 Å². The minimum atomic E-state index is -2.90. The van der Waals surface area contributed by atoms with Crippen LogP contribution in [0.5, 0.6) is 0 Å². The fourth-order valence-corrected chi connectivity index (χ4v) is 3.40. The van der Waals surface area contributed by atoms with Crippen molar-refractivity contribution in [3.8, 4) is 0 Å². The third-order valence-corrected chi connectivity index (χ3v) is 4.29. The van der Waals surface area contributed by atoms with Crippen molar-refractivity contribution in [3.63, 3.8) is 0 Å². The first kappa shape index (κ1) is 9.95. The maximum absolute atomic E-state index is 11.1. The molecule has 0 spiro atoms. The number of nitrogens with two attached hydrogens (primary N) is 1. The summed E-state index contributed by atoms with van der Waals surface area (Å²) in [5.74, 6) is 0.0814. The van der Waals surface area contributed by atoms with Gasteiger partial charge in [-0.15, -0.1) is 0 Å². The highest BCUT2D eigenvalue weighted by Crippen LogP contribution is 2.28. The predicted octanol–water partition coefficient (Wildman–Crippen LogP) is -0.869.